The zero-order chi connectivity index (χ0) is 24.3. The summed E-state index contributed by atoms with van der Waals surface area (Å²) in [6.07, 6.45) is 6.65. The van der Waals surface area contributed by atoms with Gasteiger partial charge in [0.2, 0.25) is 5.60 Å². The molecule has 2 saturated heterocycles. The van der Waals surface area contributed by atoms with Gasteiger partial charge in [-0.05, 0) is 38.2 Å². The Morgan fingerprint density at radius 3 is 2.59 bits per heavy atom. The van der Waals surface area contributed by atoms with Crippen LogP contribution in [0.5, 0.6) is 0 Å². The Labute approximate surface area is 200 Å². The standard InChI is InChI=1S/C28H33NO5/c1-16-9-8-12-20-13-17(2)18(3)24-21(14-19-10-6-5-7-11-19)29-26(32)28(20,24)34-23(30)15-22-27(4,33-22)25(16)31/h5-8,10-13,16,18,20-22,24H,9,14-15H2,1-4H3,(H,29,32). The van der Waals surface area contributed by atoms with Crippen LogP contribution in [0.15, 0.2) is 54.1 Å². The number of Topliss-reactive ketones (excluding diaryl/α,β-unsaturated/α-hetero) is 1. The third kappa shape index (κ3) is 3.54. The van der Waals surface area contributed by atoms with Gasteiger partial charge in [0.25, 0.3) is 5.91 Å². The maximum Gasteiger partial charge on any atom is 0.309 e. The second-order valence-electron chi connectivity index (χ2n) is 10.6. The second-order valence-corrected chi connectivity index (χ2v) is 10.6. The van der Waals surface area contributed by atoms with Gasteiger partial charge in [-0.3, -0.25) is 14.4 Å². The quantitative estimate of drug-likeness (QED) is 0.412. The number of hydrogen-bond donors (Lipinski definition) is 1. The number of fused-ring (bicyclic) bond motifs is 1. The smallest absolute Gasteiger partial charge is 0.309 e. The molecule has 3 aliphatic heterocycles. The Bertz CT molecular complexity index is 1080. The Morgan fingerprint density at radius 1 is 1.12 bits per heavy atom. The topological polar surface area (TPSA) is 85.0 Å². The molecule has 1 aromatic rings. The molecule has 0 radical (unpaired) electrons. The fourth-order valence-electron chi connectivity index (χ4n) is 6.31. The maximum absolute atomic E-state index is 13.7. The van der Waals surface area contributed by atoms with E-state index in [2.05, 4.69) is 37.4 Å². The lowest BCUT2D eigenvalue weighted by Gasteiger charge is -2.44. The summed E-state index contributed by atoms with van der Waals surface area (Å²) in [4.78, 5) is 39.8. The minimum absolute atomic E-state index is 0.00800. The van der Waals surface area contributed by atoms with Crippen LogP contribution in [0, 0.1) is 23.7 Å². The first kappa shape index (κ1) is 23.0. The molecular weight excluding hydrogens is 430 g/mol. The third-order valence-corrected chi connectivity index (χ3v) is 8.44. The minimum atomic E-state index is -1.32. The van der Waals surface area contributed by atoms with Crippen molar-refractivity contribution in [2.24, 2.45) is 23.7 Å². The Hall–Kier alpha value is -2.73. The summed E-state index contributed by atoms with van der Waals surface area (Å²) in [6.45, 7) is 7.83. The molecule has 3 heterocycles. The molecule has 0 aromatic heterocycles. The van der Waals surface area contributed by atoms with Gasteiger partial charge in [-0.1, -0.05) is 68.0 Å². The lowest BCUT2D eigenvalue weighted by atomic mass is 9.63. The fraction of sp³-hybridized carbons (Fsp3) is 0.536. The van der Waals surface area contributed by atoms with E-state index in [-0.39, 0.29) is 41.9 Å². The summed E-state index contributed by atoms with van der Waals surface area (Å²) < 4.78 is 11.9. The number of carbonyl (C=O) groups excluding carboxylic acids is 3. The number of epoxide rings is 1. The van der Waals surface area contributed by atoms with E-state index in [9.17, 15) is 14.4 Å². The molecule has 8 atom stereocenters. The highest BCUT2D eigenvalue weighted by molar-refractivity contribution is 5.94. The molecule has 6 nitrogen and oxygen atoms in total. The normalized spacial score (nSPS) is 41.6. The molecule has 2 fully saturated rings. The summed E-state index contributed by atoms with van der Waals surface area (Å²) in [5.41, 5.74) is 0.0379. The molecule has 0 saturated carbocycles. The van der Waals surface area contributed by atoms with E-state index >= 15 is 0 Å². The molecule has 1 N–H and O–H groups in total. The van der Waals surface area contributed by atoms with E-state index in [4.69, 9.17) is 9.47 Å². The summed E-state index contributed by atoms with van der Waals surface area (Å²) in [7, 11) is 0. The fourth-order valence-corrected chi connectivity index (χ4v) is 6.31. The van der Waals surface area contributed by atoms with Crippen molar-refractivity contribution < 1.29 is 23.9 Å². The average Bonchev–Trinajstić information content (AvgIpc) is 3.36. The number of esters is 1. The van der Waals surface area contributed by atoms with Gasteiger partial charge in [0.15, 0.2) is 11.4 Å². The molecule has 6 heteroatoms. The number of amides is 1. The Kier molecular flexibility index (Phi) is 5.55. The van der Waals surface area contributed by atoms with Gasteiger partial charge in [-0.15, -0.1) is 0 Å². The van der Waals surface area contributed by atoms with Crippen LogP contribution >= 0.6 is 0 Å². The van der Waals surface area contributed by atoms with E-state index in [1.54, 1.807) is 6.92 Å². The lowest BCUT2D eigenvalue weighted by molar-refractivity contribution is -0.177. The lowest BCUT2D eigenvalue weighted by Crippen LogP contribution is -2.56. The molecule has 4 aliphatic rings. The average molecular weight is 464 g/mol. The van der Waals surface area contributed by atoms with Crippen LogP contribution in [0.1, 0.15) is 46.1 Å². The van der Waals surface area contributed by atoms with Gasteiger partial charge < -0.3 is 14.8 Å². The van der Waals surface area contributed by atoms with Crippen molar-refractivity contribution in [1.29, 1.82) is 0 Å². The molecule has 1 aromatic carbocycles. The number of benzene rings is 1. The van der Waals surface area contributed by atoms with Crippen molar-refractivity contribution in [1.82, 2.24) is 5.32 Å². The minimum Gasteiger partial charge on any atom is -0.447 e. The van der Waals surface area contributed by atoms with E-state index < -0.39 is 29.2 Å². The largest absolute Gasteiger partial charge is 0.447 e. The van der Waals surface area contributed by atoms with E-state index in [1.165, 1.54) is 5.57 Å². The van der Waals surface area contributed by atoms with Crippen molar-refractivity contribution in [3.8, 4) is 0 Å². The van der Waals surface area contributed by atoms with Crippen molar-refractivity contribution >= 4 is 17.7 Å². The first-order valence-corrected chi connectivity index (χ1v) is 12.3. The zero-order valence-corrected chi connectivity index (χ0v) is 20.2. The summed E-state index contributed by atoms with van der Waals surface area (Å²) in [5, 5.41) is 3.19. The van der Waals surface area contributed by atoms with Crippen LogP contribution in [-0.4, -0.2) is 41.0 Å². The molecule has 1 aliphatic carbocycles. The van der Waals surface area contributed by atoms with E-state index in [0.29, 0.717) is 12.8 Å². The van der Waals surface area contributed by atoms with Crippen molar-refractivity contribution in [2.75, 3.05) is 0 Å². The number of ether oxygens (including phenoxy) is 2. The van der Waals surface area contributed by atoms with Crippen molar-refractivity contribution in [3.63, 3.8) is 0 Å². The number of carbonyl (C=O) groups is 3. The maximum atomic E-state index is 13.7. The summed E-state index contributed by atoms with van der Waals surface area (Å²) in [6, 6.07) is 9.92. The molecule has 1 amide bonds. The van der Waals surface area contributed by atoms with Gasteiger partial charge in [-0.25, -0.2) is 0 Å². The van der Waals surface area contributed by atoms with Crippen LogP contribution in [0.4, 0.5) is 0 Å². The van der Waals surface area contributed by atoms with Gasteiger partial charge >= 0.3 is 5.97 Å². The highest BCUT2D eigenvalue weighted by Crippen LogP contribution is 2.51. The number of rotatable bonds is 2. The van der Waals surface area contributed by atoms with E-state index in [1.807, 2.05) is 37.3 Å². The highest BCUT2D eigenvalue weighted by atomic mass is 16.6. The monoisotopic (exact) mass is 463 g/mol. The molecule has 1 spiro atoms. The van der Waals surface area contributed by atoms with Gasteiger partial charge in [-0.2, -0.15) is 0 Å². The van der Waals surface area contributed by atoms with Crippen LogP contribution in [0.3, 0.4) is 0 Å². The first-order valence-electron chi connectivity index (χ1n) is 12.3. The van der Waals surface area contributed by atoms with E-state index in [0.717, 1.165) is 5.56 Å². The molecule has 34 heavy (non-hydrogen) atoms. The third-order valence-electron chi connectivity index (χ3n) is 8.44. The van der Waals surface area contributed by atoms with Crippen molar-refractivity contribution in [2.45, 2.75) is 70.3 Å². The Balaban J connectivity index is 1.56. The second kappa shape index (κ2) is 8.19. The number of hydrogen-bond acceptors (Lipinski definition) is 5. The van der Waals surface area contributed by atoms with Crippen molar-refractivity contribution in [3.05, 3.63) is 59.7 Å². The Morgan fingerprint density at radius 2 is 1.85 bits per heavy atom. The molecule has 5 rings (SSSR count). The van der Waals surface area contributed by atoms with Gasteiger partial charge in [0.05, 0.1) is 6.42 Å². The summed E-state index contributed by atoms with van der Waals surface area (Å²) in [5.74, 6) is -1.51. The molecule has 0 bridgehead atoms. The van der Waals surface area contributed by atoms with Crippen LogP contribution in [0.2, 0.25) is 0 Å². The number of nitrogens with one attached hydrogen (secondary N) is 1. The zero-order valence-electron chi connectivity index (χ0n) is 20.2. The highest BCUT2D eigenvalue weighted by Gasteiger charge is 2.66. The first-order chi connectivity index (χ1) is 16.2. The van der Waals surface area contributed by atoms with Gasteiger partial charge in [0.1, 0.15) is 6.10 Å². The number of allylic oxidation sites excluding steroid dienone is 2. The SMILES string of the molecule is CC1=CC2C=CCC(C)C(=O)C3(C)OC3CC(=O)OC23C(=O)NC(Cc2ccccc2)C3C1C. The van der Waals surface area contributed by atoms with Crippen LogP contribution < -0.4 is 5.32 Å². The van der Waals surface area contributed by atoms with Crippen LogP contribution in [0.25, 0.3) is 0 Å². The molecular formula is C28H33NO5. The predicted octanol–water partition coefficient (Wildman–Crippen LogP) is 3.55. The van der Waals surface area contributed by atoms with Crippen LogP contribution in [-0.2, 0) is 30.3 Å². The molecule has 8 unspecified atom stereocenters. The number of ketones is 1. The molecule has 180 valence electrons. The van der Waals surface area contributed by atoms with Gasteiger partial charge in [0, 0.05) is 23.8 Å². The predicted molar refractivity (Wildman–Crippen MR) is 127 cm³/mol. The summed E-state index contributed by atoms with van der Waals surface area (Å²) >= 11 is 0.